The zero-order chi connectivity index (χ0) is 11.6. The molecule has 1 aliphatic rings. The van der Waals surface area contributed by atoms with Crippen LogP contribution >= 0.6 is 0 Å². The molecule has 15 heavy (non-hydrogen) atoms. The van der Waals surface area contributed by atoms with Crippen molar-refractivity contribution >= 4 is 0 Å². The quantitative estimate of drug-likeness (QED) is 0.715. The van der Waals surface area contributed by atoms with Gasteiger partial charge in [-0.25, -0.2) is 0 Å². The van der Waals surface area contributed by atoms with Gasteiger partial charge in [0, 0.05) is 25.7 Å². The number of hydrogen-bond acceptors (Lipinski definition) is 2. The van der Waals surface area contributed by atoms with Gasteiger partial charge in [-0.2, -0.15) is 0 Å². The highest BCUT2D eigenvalue weighted by Gasteiger charge is 2.39. The van der Waals surface area contributed by atoms with E-state index < -0.39 is 0 Å². The minimum Gasteiger partial charge on any atom is -0.384 e. The third-order valence-electron chi connectivity index (χ3n) is 3.49. The molecule has 1 saturated heterocycles. The number of hydrogen-bond donors (Lipinski definition) is 0. The molecule has 90 valence electrons. The van der Waals surface area contributed by atoms with Crippen LogP contribution in [0.15, 0.2) is 0 Å². The predicted octanol–water partition coefficient (Wildman–Crippen LogP) is 2.78. The monoisotopic (exact) mass is 213 g/mol. The Bertz CT molecular complexity index is 195. The van der Waals surface area contributed by atoms with E-state index in [1.807, 2.05) is 7.11 Å². The Morgan fingerprint density at radius 1 is 1.33 bits per heavy atom. The van der Waals surface area contributed by atoms with Crippen molar-refractivity contribution in [3.8, 4) is 0 Å². The molecule has 1 rings (SSSR count). The fourth-order valence-electron chi connectivity index (χ4n) is 2.73. The van der Waals surface area contributed by atoms with E-state index in [1.165, 1.54) is 13.0 Å². The molecule has 0 bridgehead atoms. The molecule has 0 aliphatic carbocycles. The van der Waals surface area contributed by atoms with Crippen LogP contribution in [0.5, 0.6) is 0 Å². The van der Waals surface area contributed by atoms with Gasteiger partial charge in [0.15, 0.2) is 0 Å². The fraction of sp³-hybridized carbons (Fsp3) is 1.00. The van der Waals surface area contributed by atoms with Crippen LogP contribution in [0.4, 0.5) is 0 Å². The summed E-state index contributed by atoms with van der Waals surface area (Å²) in [5.41, 5.74) is 0.382. The van der Waals surface area contributed by atoms with Crippen molar-refractivity contribution < 1.29 is 4.74 Å². The predicted molar refractivity (Wildman–Crippen MR) is 65.1 cm³/mol. The molecule has 1 fully saturated rings. The van der Waals surface area contributed by atoms with Gasteiger partial charge in [0.1, 0.15) is 0 Å². The first kappa shape index (κ1) is 13.0. The van der Waals surface area contributed by atoms with E-state index in [9.17, 15) is 0 Å². The first-order valence-electron chi connectivity index (χ1n) is 6.11. The topological polar surface area (TPSA) is 12.5 Å². The van der Waals surface area contributed by atoms with Gasteiger partial charge in [-0.3, -0.25) is 4.90 Å². The number of ether oxygens (including phenoxy) is 1. The van der Waals surface area contributed by atoms with Gasteiger partial charge in [0.05, 0.1) is 6.61 Å². The molecule has 0 aromatic rings. The normalized spacial score (nSPS) is 29.0. The Morgan fingerprint density at radius 2 is 1.93 bits per heavy atom. The smallest absolute Gasteiger partial charge is 0.0503 e. The van der Waals surface area contributed by atoms with Crippen molar-refractivity contribution in [2.24, 2.45) is 11.3 Å². The highest BCUT2D eigenvalue weighted by molar-refractivity contribution is 4.93. The van der Waals surface area contributed by atoms with Crippen LogP contribution in [0.3, 0.4) is 0 Å². The lowest BCUT2D eigenvalue weighted by atomic mass is 9.83. The summed E-state index contributed by atoms with van der Waals surface area (Å²) in [5.74, 6) is 0.724. The Balaban J connectivity index is 2.68. The Labute approximate surface area is 95.0 Å². The molecule has 1 aliphatic heterocycles. The van der Waals surface area contributed by atoms with E-state index in [-0.39, 0.29) is 0 Å². The molecular formula is C13H27NO. The Hall–Kier alpha value is -0.0800. The van der Waals surface area contributed by atoms with Crippen LogP contribution in [0, 0.1) is 11.3 Å². The van der Waals surface area contributed by atoms with E-state index in [0.29, 0.717) is 17.5 Å². The second-order valence-corrected chi connectivity index (χ2v) is 6.23. The van der Waals surface area contributed by atoms with Crippen molar-refractivity contribution in [2.45, 2.75) is 53.1 Å². The van der Waals surface area contributed by atoms with Crippen LogP contribution in [-0.2, 0) is 4.74 Å². The molecule has 0 saturated carbocycles. The van der Waals surface area contributed by atoms with Crippen molar-refractivity contribution in [3.63, 3.8) is 0 Å². The Kier molecular flexibility index (Phi) is 4.19. The summed E-state index contributed by atoms with van der Waals surface area (Å²) in [6.45, 7) is 13.8. The molecule has 0 spiro atoms. The number of rotatable bonds is 3. The molecule has 1 heterocycles. The zero-order valence-corrected chi connectivity index (χ0v) is 11.2. The molecule has 0 amide bonds. The van der Waals surface area contributed by atoms with E-state index in [0.717, 1.165) is 12.5 Å². The summed E-state index contributed by atoms with van der Waals surface area (Å²) in [4.78, 5) is 2.64. The largest absolute Gasteiger partial charge is 0.384 e. The molecule has 1 unspecified atom stereocenters. The lowest BCUT2D eigenvalue weighted by Gasteiger charge is -2.37. The van der Waals surface area contributed by atoms with Gasteiger partial charge in [-0.1, -0.05) is 20.8 Å². The third-order valence-corrected chi connectivity index (χ3v) is 3.49. The minimum atomic E-state index is 0.382. The van der Waals surface area contributed by atoms with Crippen molar-refractivity contribution in [1.29, 1.82) is 0 Å². The third kappa shape index (κ3) is 3.18. The molecule has 0 aromatic carbocycles. The average molecular weight is 213 g/mol. The van der Waals surface area contributed by atoms with Gasteiger partial charge in [-0.05, 0) is 31.6 Å². The summed E-state index contributed by atoms with van der Waals surface area (Å²) in [5, 5.41) is 0. The summed E-state index contributed by atoms with van der Waals surface area (Å²) in [6, 6.07) is 1.36. The minimum absolute atomic E-state index is 0.382. The summed E-state index contributed by atoms with van der Waals surface area (Å²) < 4.78 is 5.29. The van der Waals surface area contributed by atoms with Crippen LogP contribution < -0.4 is 0 Å². The molecule has 2 heteroatoms. The summed E-state index contributed by atoms with van der Waals surface area (Å²) >= 11 is 0. The van der Waals surface area contributed by atoms with Crippen molar-refractivity contribution in [1.82, 2.24) is 4.90 Å². The number of methoxy groups -OCH3 is 1. The van der Waals surface area contributed by atoms with Crippen LogP contribution in [0.2, 0.25) is 0 Å². The molecule has 0 aromatic heterocycles. The van der Waals surface area contributed by atoms with Crippen molar-refractivity contribution in [3.05, 3.63) is 0 Å². The SMILES string of the molecule is COCC1C[C@@H](C(C)(C)C)N(C(C)C)C1. The molecule has 2 atom stereocenters. The zero-order valence-electron chi connectivity index (χ0n) is 11.2. The molecule has 0 radical (unpaired) electrons. The first-order valence-corrected chi connectivity index (χ1v) is 6.11. The lowest BCUT2D eigenvalue weighted by Crippen LogP contribution is -2.43. The van der Waals surface area contributed by atoms with Crippen LogP contribution in [-0.4, -0.2) is 37.2 Å². The lowest BCUT2D eigenvalue weighted by molar-refractivity contribution is 0.110. The van der Waals surface area contributed by atoms with E-state index >= 15 is 0 Å². The summed E-state index contributed by atoms with van der Waals surface area (Å²) in [7, 11) is 1.81. The van der Waals surface area contributed by atoms with Crippen molar-refractivity contribution in [2.75, 3.05) is 20.3 Å². The van der Waals surface area contributed by atoms with E-state index in [2.05, 4.69) is 39.5 Å². The fourth-order valence-corrected chi connectivity index (χ4v) is 2.73. The highest BCUT2D eigenvalue weighted by Crippen LogP contribution is 2.36. The van der Waals surface area contributed by atoms with Gasteiger partial charge in [0.25, 0.3) is 0 Å². The maximum Gasteiger partial charge on any atom is 0.0503 e. The highest BCUT2D eigenvalue weighted by atomic mass is 16.5. The van der Waals surface area contributed by atoms with E-state index in [4.69, 9.17) is 4.74 Å². The molecule has 0 N–H and O–H groups in total. The van der Waals surface area contributed by atoms with Gasteiger partial charge < -0.3 is 4.74 Å². The molecule has 2 nitrogen and oxygen atoms in total. The first-order chi connectivity index (χ1) is 6.86. The van der Waals surface area contributed by atoms with Gasteiger partial charge in [-0.15, -0.1) is 0 Å². The average Bonchev–Trinajstić information content (AvgIpc) is 2.48. The van der Waals surface area contributed by atoms with Crippen LogP contribution in [0.25, 0.3) is 0 Å². The summed E-state index contributed by atoms with van der Waals surface area (Å²) in [6.07, 6.45) is 1.29. The standard InChI is InChI=1S/C13H27NO/c1-10(2)14-8-11(9-15-6)7-12(14)13(3,4)5/h10-12H,7-9H2,1-6H3/t11?,12-/m0/s1. The second-order valence-electron chi connectivity index (χ2n) is 6.23. The maximum atomic E-state index is 5.29. The Morgan fingerprint density at radius 3 is 2.27 bits per heavy atom. The second kappa shape index (κ2) is 4.84. The molecular weight excluding hydrogens is 186 g/mol. The van der Waals surface area contributed by atoms with Gasteiger partial charge in [0.2, 0.25) is 0 Å². The van der Waals surface area contributed by atoms with Crippen LogP contribution in [0.1, 0.15) is 41.0 Å². The number of likely N-dealkylation sites (tertiary alicyclic amines) is 1. The number of nitrogens with zero attached hydrogens (tertiary/aromatic N) is 1. The van der Waals surface area contributed by atoms with E-state index in [1.54, 1.807) is 0 Å². The maximum absolute atomic E-state index is 5.29. The van der Waals surface area contributed by atoms with Gasteiger partial charge >= 0.3 is 0 Å².